The van der Waals surface area contributed by atoms with Crippen LogP contribution in [0.2, 0.25) is 0 Å². The summed E-state index contributed by atoms with van der Waals surface area (Å²) < 4.78 is 10.2. The Morgan fingerprint density at radius 1 is 1.38 bits per heavy atom. The zero-order valence-corrected chi connectivity index (χ0v) is 7.40. The van der Waals surface area contributed by atoms with Crippen molar-refractivity contribution >= 4 is 0 Å². The van der Waals surface area contributed by atoms with Gasteiger partial charge in [-0.1, -0.05) is 5.16 Å². The fourth-order valence-corrected chi connectivity index (χ4v) is 1.47. The molecule has 72 valence electrons. The van der Waals surface area contributed by atoms with Crippen molar-refractivity contribution in [3.05, 3.63) is 11.7 Å². The van der Waals surface area contributed by atoms with Crippen molar-refractivity contribution in [2.24, 2.45) is 5.73 Å². The van der Waals surface area contributed by atoms with Gasteiger partial charge in [0.25, 0.3) is 0 Å². The van der Waals surface area contributed by atoms with Gasteiger partial charge in [0.05, 0.1) is 6.54 Å². The van der Waals surface area contributed by atoms with Crippen molar-refractivity contribution in [3.8, 4) is 0 Å². The summed E-state index contributed by atoms with van der Waals surface area (Å²) in [4.78, 5) is 4.19. The first kappa shape index (κ1) is 8.65. The molecule has 1 aromatic heterocycles. The van der Waals surface area contributed by atoms with E-state index < -0.39 is 0 Å². The first-order valence-corrected chi connectivity index (χ1v) is 4.50. The molecule has 1 aliphatic heterocycles. The standard InChI is InChI=1S/C8H13N3O2/c9-5-7-10-8(11-13-7)6-1-3-12-4-2-6/h6H,1-5,9H2. The molecular formula is C8H13N3O2. The Bertz CT molecular complexity index is 268. The molecule has 2 heterocycles. The molecule has 5 nitrogen and oxygen atoms in total. The molecule has 0 atom stereocenters. The molecule has 0 spiro atoms. The van der Waals surface area contributed by atoms with Crippen LogP contribution >= 0.6 is 0 Å². The zero-order valence-electron chi connectivity index (χ0n) is 7.40. The fourth-order valence-electron chi connectivity index (χ4n) is 1.47. The minimum Gasteiger partial charge on any atom is -0.381 e. The average molecular weight is 183 g/mol. The molecule has 0 radical (unpaired) electrons. The van der Waals surface area contributed by atoms with E-state index in [9.17, 15) is 0 Å². The molecule has 0 aliphatic carbocycles. The summed E-state index contributed by atoms with van der Waals surface area (Å²) >= 11 is 0. The summed E-state index contributed by atoms with van der Waals surface area (Å²) in [6, 6.07) is 0. The molecule has 0 aromatic carbocycles. The molecular weight excluding hydrogens is 170 g/mol. The molecule has 0 unspecified atom stereocenters. The smallest absolute Gasteiger partial charge is 0.240 e. The Balaban J connectivity index is 2.05. The van der Waals surface area contributed by atoms with Crippen molar-refractivity contribution in [2.45, 2.75) is 25.3 Å². The van der Waals surface area contributed by atoms with Gasteiger partial charge in [-0.15, -0.1) is 0 Å². The van der Waals surface area contributed by atoms with Gasteiger partial charge in [-0.3, -0.25) is 0 Å². The Morgan fingerprint density at radius 3 is 2.77 bits per heavy atom. The molecule has 1 aliphatic rings. The zero-order chi connectivity index (χ0) is 9.10. The van der Waals surface area contributed by atoms with E-state index in [2.05, 4.69) is 10.1 Å². The van der Waals surface area contributed by atoms with E-state index in [0.29, 0.717) is 18.4 Å². The monoisotopic (exact) mass is 183 g/mol. The summed E-state index contributed by atoms with van der Waals surface area (Å²) in [5.41, 5.74) is 5.37. The van der Waals surface area contributed by atoms with E-state index in [1.54, 1.807) is 0 Å². The van der Waals surface area contributed by atoms with Crippen LogP contribution in [0.25, 0.3) is 0 Å². The maximum atomic E-state index is 5.37. The molecule has 2 N–H and O–H groups in total. The molecule has 0 amide bonds. The average Bonchev–Trinajstić information content (AvgIpc) is 2.67. The van der Waals surface area contributed by atoms with E-state index in [1.165, 1.54) is 0 Å². The highest BCUT2D eigenvalue weighted by Gasteiger charge is 2.20. The van der Waals surface area contributed by atoms with Gasteiger partial charge in [0.2, 0.25) is 5.89 Å². The maximum Gasteiger partial charge on any atom is 0.240 e. The second-order valence-electron chi connectivity index (χ2n) is 3.14. The van der Waals surface area contributed by atoms with Crippen molar-refractivity contribution in [1.82, 2.24) is 10.1 Å². The lowest BCUT2D eigenvalue weighted by Crippen LogP contribution is -2.15. The van der Waals surface area contributed by atoms with Crippen LogP contribution in [0.1, 0.15) is 30.5 Å². The van der Waals surface area contributed by atoms with Gasteiger partial charge in [0, 0.05) is 19.1 Å². The van der Waals surface area contributed by atoms with E-state index >= 15 is 0 Å². The Kier molecular flexibility index (Phi) is 2.56. The highest BCUT2D eigenvalue weighted by atomic mass is 16.5. The number of nitrogens with two attached hydrogens (primary N) is 1. The normalized spacial score (nSPS) is 19.2. The third-order valence-electron chi connectivity index (χ3n) is 2.24. The number of rotatable bonds is 2. The predicted octanol–water partition coefficient (Wildman–Crippen LogP) is 0.422. The molecule has 5 heteroatoms. The van der Waals surface area contributed by atoms with E-state index in [4.69, 9.17) is 15.0 Å². The third kappa shape index (κ3) is 1.87. The summed E-state index contributed by atoms with van der Waals surface area (Å²) in [7, 11) is 0. The lowest BCUT2D eigenvalue weighted by Gasteiger charge is -2.18. The first-order valence-electron chi connectivity index (χ1n) is 4.50. The number of hydrogen-bond acceptors (Lipinski definition) is 5. The first-order chi connectivity index (χ1) is 6.40. The minimum atomic E-state index is 0.316. The predicted molar refractivity (Wildman–Crippen MR) is 45.0 cm³/mol. The van der Waals surface area contributed by atoms with Crippen LogP contribution in [0.15, 0.2) is 4.52 Å². The topological polar surface area (TPSA) is 74.2 Å². The number of hydrogen-bond donors (Lipinski definition) is 1. The summed E-state index contributed by atoms with van der Waals surface area (Å²) in [6.45, 7) is 1.89. The van der Waals surface area contributed by atoms with E-state index in [0.717, 1.165) is 31.9 Å². The molecule has 13 heavy (non-hydrogen) atoms. The summed E-state index contributed by atoms with van der Waals surface area (Å²) in [5.74, 6) is 1.68. The van der Waals surface area contributed by atoms with Crippen LogP contribution in [0.5, 0.6) is 0 Å². The van der Waals surface area contributed by atoms with Crippen molar-refractivity contribution in [2.75, 3.05) is 13.2 Å². The van der Waals surface area contributed by atoms with Gasteiger partial charge in [0.1, 0.15) is 0 Å². The van der Waals surface area contributed by atoms with Crippen LogP contribution in [0, 0.1) is 0 Å². The van der Waals surface area contributed by atoms with Crippen LogP contribution in [0.4, 0.5) is 0 Å². The van der Waals surface area contributed by atoms with E-state index in [-0.39, 0.29) is 0 Å². The van der Waals surface area contributed by atoms with Gasteiger partial charge >= 0.3 is 0 Å². The minimum absolute atomic E-state index is 0.316. The van der Waals surface area contributed by atoms with Crippen molar-refractivity contribution in [1.29, 1.82) is 0 Å². The molecule has 1 aromatic rings. The van der Waals surface area contributed by atoms with Gasteiger partial charge in [-0.25, -0.2) is 0 Å². The van der Waals surface area contributed by atoms with Gasteiger partial charge in [-0.2, -0.15) is 4.98 Å². The largest absolute Gasteiger partial charge is 0.381 e. The lowest BCUT2D eigenvalue weighted by atomic mass is 10.00. The molecule has 2 rings (SSSR count). The van der Waals surface area contributed by atoms with Crippen molar-refractivity contribution < 1.29 is 9.26 Å². The van der Waals surface area contributed by atoms with Gasteiger partial charge < -0.3 is 15.0 Å². The van der Waals surface area contributed by atoms with Gasteiger partial charge in [-0.05, 0) is 12.8 Å². The number of nitrogens with zero attached hydrogens (tertiary/aromatic N) is 2. The van der Waals surface area contributed by atoms with Gasteiger partial charge in [0.15, 0.2) is 5.82 Å². The Labute approximate surface area is 76.3 Å². The Morgan fingerprint density at radius 2 is 2.15 bits per heavy atom. The molecule has 0 bridgehead atoms. The number of aromatic nitrogens is 2. The lowest BCUT2D eigenvalue weighted by molar-refractivity contribution is 0.0830. The fraction of sp³-hybridized carbons (Fsp3) is 0.750. The Hall–Kier alpha value is -0.940. The highest BCUT2D eigenvalue weighted by Crippen LogP contribution is 2.23. The summed E-state index contributed by atoms with van der Waals surface area (Å²) in [6.07, 6.45) is 1.95. The molecule has 0 saturated carbocycles. The summed E-state index contributed by atoms with van der Waals surface area (Å²) in [5, 5.41) is 3.89. The quantitative estimate of drug-likeness (QED) is 0.719. The van der Waals surface area contributed by atoms with Crippen LogP contribution in [0.3, 0.4) is 0 Å². The van der Waals surface area contributed by atoms with E-state index in [1.807, 2.05) is 0 Å². The van der Waals surface area contributed by atoms with Crippen LogP contribution in [-0.2, 0) is 11.3 Å². The SMILES string of the molecule is NCc1nc(C2CCOCC2)no1. The maximum absolute atomic E-state index is 5.37. The molecule has 1 fully saturated rings. The second kappa shape index (κ2) is 3.85. The number of ether oxygens (including phenoxy) is 1. The molecule has 1 saturated heterocycles. The van der Waals surface area contributed by atoms with Crippen molar-refractivity contribution in [3.63, 3.8) is 0 Å². The highest BCUT2D eigenvalue weighted by molar-refractivity contribution is 4.96. The third-order valence-corrected chi connectivity index (χ3v) is 2.24. The van der Waals surface area contributed by atoms with Crippen LogP contribution in [-0.4, -0.2) is 23.4 Å². The second-order valence-corrected chi connectivity index (χ2v) is 3.14. The van der Waals surface area contributed by atoms with Crippen LogP contribution < -0.4 is 5.73 Å².